The molecule has 1 aliphatic carbocycles. The van der Waals surface area contributed by atoms with E-state index in [2.05, 4.69) is 39.3 Å². The van der Waals surface area contributed by atoms with Crippen LogP contribution in [-0.2, 0) is 24.9 Å². The van der Waals surface area contributed by atoms with Gasteiger partial charge >= 0.3 is 19.5 Å². The van der Waals surface area contributed by atoms with Gasteiger partial charge in [0.15, 0.2) is 0 Å². The van der Waals surface area contributed by atoms with E-state index in [-0.39, 0.29) is 19.5 Å². The molecule has 16 heavy (non-hydrogen) atoms. The van der Waals surface area contributed by atoms with Crippen molar-refractivity contribution in [1.29, 1.82) is 0 Å². The minimum atomic E-state index is 0. The van der Waals surface area contributed by atoms with Gasteiger partial charge in [-0.3, -0.25) is 0 Å². The van der Waals surface area contributed by atoms with E-state index in [1.165, 1.54) is 12.0 Å². The second-order valence-corrected chi connectivity index (χ2v) is 4.41. The van der Waals surface area contributed by atoms with Crippen molar-refractivity contribution >= 4 is 11.6 Å². The van der Waals surface area contributed by atoms with Gasteiger partial charge in [0.05, 0.1) is 0 Å². The van der Waals surface area contributed by atoms with Crippen LogP contribution in [0.3, 0.4) is 0 Å². The van der Waals surface area contributed by atoms with Crippen molar-refractivity contribution in [3.63, 3.8) is 0 Å². The smallest absolute Gasteiger partial charge is 0.346 e. The molecule has 2 heteroatoms. The molecule has 0 amide bonds. The minimum Gasteiger partial charge on any atom is -0.346 e. The third-order valence-corrected chi connectivity index (χ3v) is 3.37. The second kappa shape index (κ2) is 6.77. The van der Waals surface area contributed by atoms with E-state index in [4.69, 9.17) is 11.6 Å². The van der Waals surface area contributed by atoms with Crippen LogP contribution >= 0.6 is 11.6 Å². The Hall–Kier alpha value is 0.133. The normalized spacial score (nSPS) is 26.2. The van der Waals surface area contributed by atoms with Gasteiger partial charge in [-0.1, -0.05) is 49.6 Å². The molecule has 0 aromatic heterocycles. The van der Waals surface area contributed by atoms with Gasteiger partial charge < -0.3 is 13.3 Å². The van der Waals surface area contributed by atoms with E-state index >= 15 is 0 Å². The van der Waals surface area contributed by atoms with E-state index in [0.29, 0.717) is 5.41 Å². The van der Waals surface area contributed by atoms with Crippen molar-refractivity contribution in [3.05, 3.63) is 48.2 Å². The summed E-state index contributed by atoms with van der Waals surface area (Å²) in [5.74, 6) is 0.758. The molecule has 0 heterocycles. The molecule has 0 radical (unpaired) electrons. The maximum Gasteiger partial charge on any atom is 2.00 e. The van der Waals surface area contributed by atoms with Crippen LogP contribution < -0.4 is 0 Å². The van der Waals surface area contributed by atoms with Crippen molar-refractivity contribution < 1.29 is 19.5 Å². The monoisotopic (exact) mass is 286 g/mol. The summed E-state index contributed by atoms with van der Waals surface area (Å²) in [5.41, 5.74) is 1.71. The van der Waals surface area contributed by atoms with E-state index in [9.17, 15) is 0 Å². The summed E-state index contributed by atoms with van der Waals surface area (Å²) in [5, 5.41) is 0.820. The maximum atomic E-state index is 5.84. The molecule has 1 aromatic rings. The van der Waals surface area contributed by atoms with E-state index in [1.807, 2.05) is 12.1 Å². The van der Waals surface area contributed by atoms with Crippen LogP contribution in [-0.4, -0.2) is 0 Å². The first-order chi connectivity index (χ1) is 7.16. The molecule has 2 rings (SSSR count). The quantitative estimate of drug-likeness (QED) is 0.547. The topological polar surface area (TPSA) is 0 Å². The van der Waals surface area contributed by atoms with Crippen LogP contribution in [0.5, 0.6) is 0 Å². The molecule has 1 saturated carbocycles. The molecule has 1 aliphatic rings. The average molecular weight is 288 g/mol. The Bertz CT molecular complexity index is 307. The van der Waals surface area contributed by atoms with E-state index in [1.54, 1.807) is 6.92 Å². The minimum absolute atomic E-state index is 0. The van der Waals surface area contributed by atoms with Gasteiger partial charge in [-0.15, -0.1) is 0 Å². The van der Waals surface area contributed by atoms with Gasteiger partial charge in [0.1, 0.15) is 0 Å². The zero-order valence-electron chi connectivity index (χ0n) is 10.5. The molecule has 84 valence electrons. The van der Waals surface area contributed by atoms with Crippen LogP contribution in [0.15, 0.2) is 24.3 Å². The van der Waals surface area contributed by atoms with Gasteiger partial charge in [0.2, 0.25) is 0 Å². The van der Waals surface area contributed by atoms with Crippen LogP contribution in [0.25, 0.3) is 0 Å². The van der Waals surface area contributed by atoms with Crippen molar-refractivity contribution in [2.75, 3.05) is 0 Å². The molecule has 0 nitrogen and oxygen atoms in total. The zero-order chi connectivity index (χ0) is 11.5. The SMILES string of the molecule is CC[C@@H]1[CH-][C@@]1(C)c1ccc(Cl)cc1.[CH2-]C.[Zn+2]. The third kappa shape index (κ3) is 3.31. The van der Waals surface area contributed by atoms with E-state index < -0.39 is 0 Å². The van der Waals surface area contributed by atoms with Crippen LogP contribution in [0.1, 0.15) is 32.8 Å². The number of benzene rings is 1. The van der Waals surface area contributed by atoms with Crippen LogP contribution in [0.4, 0.5) is 0 Å². The second-order valence-electron chi connectivity index (χ2n) is 3.97. The Morgan fingerprint density at radius 1 is 1.31 bits per heavy atom. The van der Waals surface area contributed by atoms with E-state index in [0.717, 1.165) is 10.9 Å². The molecule has 2 atom stereocenters. The Morgan fingerprint density at radius 2 is 1.81 bits per heavy atom. The molecular formula is C14H19ClZn. The fourth-order valence-corrected chi connectivity index (χ4v) is 2.16. The summed E-state index contributed by atoms with van der Waals surface area (Å²) in [6.07, 6.45) is 3.65. The Balaban J connectivity index is 0.000000711. The van der Waals surface area contributed by atoms with Crippen molar-refractivity contribution in [2.45, 2.75) is 32.6 Å². The molecule has 1 fully saturated rings. The molecule has 0 aliphatic heterocycles. The number of halogens is 1. The molecule has 0 unspecified atom stereocenters. The summed E-state index contributed by atoms with van der Waals surface area (Å²) in [6.45, 7) is 9.53. The Labute approximate surface area is 118 Å². The Morgan fingerprint density at radius 3 is 2.19 bits per heavy atom. The largest absolute Gasteiger partial charge is 2.00 e. The summed E-state index contributed by atoms with van der Waals surface area (Å²) in [7, 11) is 0. The first kappa shape index (κ1) is 16.1. The van der Waals surface area contributed by atoms with Gasteiger partial charge in [0, 0.05) is 5.02 Å². The van der Waals surface area contributed by atoms with Crippen LogP contribution in [0, 0.1) is 19.3 Å². The zero-order valence-corrected chi connectivity index (χ0v) is 14.2. The standard InChI is InChI=1S/C12H14Cl.C2H5.Zn/c1-3-9-8-12(9,2)10-4-6-11(13)7-5-10;1-2;/h4-9H,3H2,1-2H3;1H2,2H3;/q2*-1;+2/t9-,12-;;/m1../s1. The third-order valence-electron chi connectivity index (χ3n) is 3.11. The molecule has 0 bridgehead atoms. The van der Waals surface area contributed by atoms with Gasteiger partial charge in [0.25, 0.3) is 0 Å². The van der Waals surface area contributed by atoms with Crippen molar-refractivity contribution in [2.24, 2.45) is 5.92 Å². The fourth-order valence-electron chi connectivity index (χ4n) is 2.03. The summed E-state index contributed by atoms with van der Waals surface area (Å²) >= 11 is 5.84. The molecule has 1 aromatic carbocycles. The first-order valence-corrected chi connectivity index (χ1v) is 5.87. The van der Waals surface area contributed by atoms with Crippen molar-refractivity contribution in [3.8, 4) is 0 Å². The summed E-state index contributed by atoms with van der Waals surface area (Å²) in [6, 6.07) is 8.21. The van der Waals surface area contributed by atoms with Gasteiger partial charge in [-0.25, -0.2) is 0 Å². The van der Waals surface area contributed by atoms with Gasteiger partial charge in [-0.2, -0.15) is 18.3 Å². The number of hydrogen-bond donors (Lipinski definition) is 0. The molecular weight excluding hydrogens is 269 g/mol. The summed E-state index contributed by atoms with van der Waals surface area (Å²) < 4.78 is 0. The summed E-state index contributed by atoms with van der Waals surface area (Å²) in [4.78, 5) is 0. The molecule has 0 spiro atoms. The Kier molecular flexibility index (Phi) is 6.82. The predicted molar refractivity (Wildman–Crippen MR) is 67.9 cm³/mol. The van der Waals surface area contributed by atoms with Gasteiger partial charge in [-0.05, 0) is 12.1 Å². The number of hydrogen-bond acceptors (Lipinski definition) is 0. The number of rotatable bonds is 2. The predicted octanol–water partition coefficient (Wildman–Crippen LogP) is 4.68. The first-order valence-electron chi connectivity index (χ1n) is 5.49. The van der Waals surface area contributed by atoms with Crippen LogP contribution in [0.2, 0.25) is 5.02 Å². The molecule has 0 saturated heterocycles. The maximum absolute atomic E-state index is 5.84. The average Bonchev–Trinajstić information content (AvgIpc) is 2.95. The molecule has 0 N–H and O–H groups in total. The fraction of sp³-hybridized carbons (Fsp3) is 0.429. The van der Waals surface area contributed by atoms with Crippen molar-refractivity contribution in [1.82, 2.24) is 0 Å².